The van der Waals surface area contributed by atoms with Gasteiger partial charge in [-0.25, -0.2) is 0 Å². The van der Waals surface area contributed by atoms with Gasteiger partial charge in [0.15, 0.2) is 0 Å². The van der Waals surface area contributed by atoms with E-state index in [9.17, 15) is 4.79 Å². The lowest BCUT2D eigenvalue weighted by Gasteiger charge is -2.28. The molecule has 0 spiro atoms. The summed E-state index contributed by atoms with van der Waals surface area (Å²) in [5.41, 5.74) is 2.86. The van der Waals surface area contributed by atoms with E-state index < -0.39 is 0 Å². The number of hydrogen-bond donors (Lipinski definition) is 1. The molecule has 1 aromatic carbocycles. The van der Waals surface area contributed by atoms with E-state index in [1.54, 1.807) is 0 Å². The van der Waals surface area contributed by atoms with Crippen molar-refractivity contribution in [2.45, 2.75) is 56.8 Å². The summed E-state index contributed by atoms with van der Waals surface area (Å²) in [4.78, 5) is 15.0. The number of carbonyl (C=O) groups excluding carboxylic acids is 1. The van der Waals surface area contributed by atoms with Gasteiger partial charge in [-0.2, -0.15) is 0 Å². The molecule has 3 aliphatic heterocycles. The van der Waals surface area contributed by atoms with Gasteiger partial charge < -0.3 is 10.1 Å². The topological polar surface area (TPSA) is 41.6 Å². The molecule has 2 saturated heterocycles. The van der Waals surface area contributed by atoms with Crippen molar-refractivity contribution in [2.75, 3.05) is 13.2 Å². The largest absolute Gasteiger partial charge is 0.376 e. The number of rotatable bonds is 4. The van der Waals surface area contributed by atoms with Crippen LogP contribution in [-0.2, 0) is 9.53 Å². The van der Waals surface area contributed by atoms with Gasteiger partial charge in [-0.05, 0) is 43.7 Å². The van der Waals surface area contributed by atoms with Crippen molar-refractivity contribution in [3.05, 3.63) is 35.4 Å². The highest BCUT2D eigenvalue weighted by atomic mass is 16.5. The Morgan fingerprint density at radius 1 is 1.27 bits per heavy atom. The zero-order valence-electron chi connectivity index (χ0n) is 13.1. The first-order valence-electron chi connectivity index (χ1n) is 8.51. The maximum atomic E-state index is 12.5. The van der Waals surface area contributed by atoms with Crippen molar-refractivity contribution >= 4 is 5.91 Å². The maximum Gasteiger partial charge on any atom is 0.237 e. The average molecular weight is 300 g/mol. The summed E-state index contributed by atoms with van der Waals surface area (Å²) in [5, 5.41) is 3.09. The Kier molecular flexibility index (Phi) is 3.66. The van der Waals surface area contributed by atoms with Crippen molar-refractivity contribution in [2.24, 2.45) is 0 Å². The van der Waals surface area contributed by atoms with Crippen LogP contribution in [0, 0.1) is 0 Å². The molecular weight excluding hydrogens is 276 g/mol. The highest BCUT2D eigenvalue weighted by Crippen LogP contribution is 2.53. The second-order valence-corrected chi connectivity index (χ2v) is 6.74. The highest BCUT2D eigenvalue weighted by Gasteiger charge is 2.47. The van der Waals surface area contributed by atoms with Crippen LogP contribution in [0.2, 0.25) is 0 Å². The molecule has 1 aromatic rings. The normalized spacial score (nSPS) is 31.2. The summed E-state index contributed by atoms with van der Waals surface area (Å²) in [5.74, 6) is 0.139. The van der Waals surface area contributed by atoms with Gasteiger partial charge in [0, 0.05) is 25.2 Å². The summed E-state index contributed by atoms with van der Waals surface area (Å²) < 4.78 is 5.59. The maximum absolute atomic E-state index is 12.5. The Hall–Kier alpha value is -1.39. The number of ether oxygens (including phenoxy) is 1. The standard InChI is InChI=1S/C18H24N2O2/c1-12(18(21)19-11-13-5-4-10-22-13)20-16-8-9-17(20)15-7-3-2-6-14(15)16/h2-3,6-7,12-13,16-17H,4-5,8-11H2,1H3,(H,19,21)/t12-,13-,16+,17+/m1/s1. The molecule has 0 aliphatic carbocycles. The molecular formula is C18H24N2O2. The van der Waals surface area contributed by atoms with E-state index in [0.717, 1.165) is 19.4 Å². The van der Waals surface area contributed by atoms with Crippen LogP contribution in [-0.4, -0.2) is 36.1 Å². The lowest BCUT2D eigenvalue weighted by molar-refractivity contribution is -0.127. The van der Waals surface area contributed by atoms with Crippen LogP contribution in [0.1, 0.15) is 55.8 Å². The smallest absolute Gasteiger partial charge is 0.237 e. The molecule has 0 unspecified atom stereocenters. The molecule has 0 aromatic heterocycles. The van der Waals surface area contributed by atoms with E-state index in [1.165, 1.54) is 24.0 Å². The third kappa shape index (κ3) is 2.25. The molecule has 22 heavy (non-hydrogen) atoms. The van der Waals surface area contributed by atoms with E-state index in [2.05, 4.69) is 34.5 Å². The summed E-state index contributed by atoms with van der Waals surface area (Å²) in [6.45, 7) is 3.53. The molecule has 3 heterocycles. The van der Waals surface area contributed by atoms with Crippen molar-refractivity contribution in [3.63, 3.8) is 0 Å². The summed E-state index contributed by atoms with van der Waals surface area (Å²) in [6.07, 6.45) is 4.73. The molecule has 0 radical (unpaired) electrons. The van der Waals surface area contributed by atoms with Gasteiger partial charge in [0.2, 0.25) is 5.91 Å². The Morgan fingerprint density at radius 3 is 2.55 bits per heavy atom. The molecule has 4 nitrogen and oxygen atoms in total. The second kappa shape index (κ2) is 5.67. The minimum atomic E-state index is -0.0775. The minimum Gasteiger partial charge on any atom is -0.376 e. The molecule has 2 fully saturated rings. The lowest BCUT2D eigenvalue weighted by Crippen LogP contribution is -2.45. The summed E-state index contributed by atoms with van der Waals surface area (Å²) >= 11 is 0. The van der Waals surface area contributed by atoms with E-state index >= 15 is 0 Å². The molecule has 4 atom stereocenters. The zero-order valence-corrected chi connectivity index (χ0v) is 13.1. The van der Waals surface area contributed by atoms with Gasteiger partial charge in [0.25, 0.3) is 0 Å². The van der Waals surface area contributed by atoms with Crippen molar-refractivity contribution in [3.8, 4) is 0 Å². The predicted octanol–water partition coefficient (Wildman–Crippen LogP) is 2.56. The van der Waals surface area contributed by atoms with Gasteiger partial charge >= 0.3 is 0 Å². The number of nitrogens with zero attached hydrogens (tertiary/aromatic N) is 1. The van der Waals surface area contributed by atoms with Gasteiger partial charge in [-0.15, -0.1) is 0 Å². The van der Waals surface area contributed by atoms with Crippen molar-refractivity contribution < 1.29 is 9.53 Å². The number of amides is 1. The van der Waals surface area contributed by atoms with Crippen LogP contribution in [0.4, 0.5) is 0 Å². The molecule has 118 valence electrons. The van der Waals surface area contributed by atoms with Crippen molar-refractivity contribution in [1.29, 1.82) is 0 Å². The summed E-state index contributed by atoms with van der Waals surface area (Å²) in [7, 11) is 0. The monoisotopic (exact) mass is 300 g/mol. The van der Waals surface area contributed by atoms with Gasteiger partial charge in [-0.1, -0.05) is 24.3 Å². The van der Waals surface area contributed by atoms with Gasteiger partial charge in [0.05, 0.1) is 12.1 Å². The fourth-order valence-electron chi connectivity index (χ4n) is 4.42. The lowest BCUT2D eigenvalue weighted by atomic mass is 9.92. The van der Waals surface area contributed by atoms with Crippen LogP contribution in [0.3, 0.4) is 0 Å². The Bertz CT molecular complexity index is 537. The van der Waals surface area contributed by atoms with Gasteiger partial charge in [0.1, 0.15) is 0 Å². The van der Waals surface area contributed by atoms with Crippen LogP contribution < -0.4 is 5.32 Å². The molecule has 0 saturated carbocycles. The second-order valence-electron chi connectivity index (χ2n) is 6.74. The SMILES string of the molecule is C[C@H](C(=O)NC[C@H]1CCCO1)N1[C@H]2CC[C@H]1c1ccccc12. The number of fused-ring (bicyclic) bond motifs is 5. The molecule has 3 aliphatic rings. The van der Waals surface area contributed by atoms with E-state index in [4.69, 9.17) is 4.74 Å². The van der Waals surface area contributed by atoms with E-state index in [0.29, 0.717) is 18.6 Å². The first-order valence-corrected chi connectivity index (χ1v) is 8.51. The first-order chi connectivity index (χ1) is 10.8. The molecule has 1 N–H and O–H groups in total. The predicted molar refractivity (Wildman–Crippen MR) is 84.4 cm³/mol. The fourth-order valence-corrected chi connectivity index (χ4v) is 4.42. The quantitative estimate of drug-likeness (QED) is 0.929. The first kappa shape index (κ1) is 14.2. The Labute approximate surface area is 131 Å². The molecule has 4 rings (SSSR count). The Balaban J connectivity index is 1.43. The Morgan fingerprint density at radius 2 is 1.95 bits per heavy atom. The molecule has 4 heteroatoms. The number of benzene rings is 1. The average Bonchev–Trinajstić information content (AvgIpc) is 3.27. The number of hydrogen-bond acceptors (Lipinski definition) is 3. The van der Waals surface area contributed by atoms with Crippen molar-refractivity contribution in [1.82, 2.24) is 10.2 Å². The number of carbonyl (C=O) groups is 1. The zero-order chi connectivity index (χ0) is 15.1. The minimum absolute atomic E-state index is 0.0775. The molecule has 1 amide bonds. The van der Waals surface area contributed by atoms with Gasteiger partial charge in [-0.3, -0.25) is 9.69 Å². The van der Waals surface area contributed by atoms with Crippen LogP contribution in [0.5, 0.6) is 0 Å². The highest BCUT2D eigenvalue weighted by molar-refractivity contribution is 5.81. The van der Waals surface area contributed by atoms with E-state index in [1.807, 2.05) is 6.92 Å². The third-order valence-electron chi connectivity index (χ3n) is 5.50. The third-order valence-corrected chi connectivity index (χ3v) is 5.50. The summed E-state index contributed by atoms with van der Waals surface area (Å²) in [6, 6.07) is 9.44. The number of nitrogens with one attached hydrogen (secondary N) is 1. The van der Waals surface area contributed by atoms with Crippen LogP contribution in [0.25, 0.3) is 0 Å². The van der Waals surface area contributed by atoms with Crippen LogP contribution in [0.15, 0.2) is 24.3 Å². The van der Waals surface area contributed by atoms with Crippen LogP contribution >= 0.6 is 0 Å². The van der Waals surface area contributed by atoms with E-state index in [-0.39, 0.29) is 18.1 Å². The fraction of sp³-hybridized carbons (Fsp3) is 0.611. The molecule has 2 bridgehead atoms.